The number of nitrogens with one attached hydrogen (secondary N) is 1. The van der Waals surface area contributed by atoms with E-state index in [4.69, 9.17) is 0 Å². The maximum Gasteiger partial charge on any atom is 0.310 e. The van der Waals surface area contributed by atoms with E-state index in [1.54, 1.807) is 13.0 Å². The van der Waals surface area contributed by atoms with Crippen LogP contribution < -0.4 is 5.32 Å². The monoisotopic (exact) mass is 294 g/mol. The quantitative estimate of drug-likeness (QED) is 0.890. The molecule has 6 heteroatoms. The van der Waals surface area contributed by atoms with Gasteiger partial charge in [-0.3, -0.25) is 14.5 Å². The molecule has 1 fully saturated rings. The zero-order valence-electron chi connectivity index (χ0n) is 11.9. The Labute approximate surface area is 122 Å². The summed E-state index contributed by atoms with van der Waals surface area (Å²) in [6.45, 7) is 2.85. The van der Waals surface area contributed by atoms with Gasteiger partial charge in [-0.15, -0.1) is 0 Å². The number of carbonyl (C=O) groups excluding carboxylic acids is 1. The average Bonchev–Trinajstić information content (AvgIpc) is 2.38. The lowest BCUT2D eigenvalue weighted by atomic mass is 9.82. The van der Waals surface area contributed by atoms with Gasteiger partial charge in [0.1, 0.15) is 5.82 Å². The van der Waals surface area contributed by atoms with Crippen LogP contribution in [0.2, 0.25) is 0 Å². The molecule has 0 bridgehead atoms. The first-order valence-electron chi connectivity index (χ1n) is 6.90. The van der Waals surface area contributed by atoms with Crippen LogP contribution in [-0.4, -0.2) is 41.5 Å². The summed E-state index contributed by atoms with van der Waals surface area (Å²) in [6.07, 6.45) is 1.36. The Morgan fingerprint density at radius 3 is 2.90 bits per heavy atom. The van der Waals surface area contributed by atoms with Crippen molar-refractivity contribution in [3.8, 4) is 0 Å². The Balaban J connectivity index is 1.92. The molecule has 2 rings (SSSR count). The highest BCUT2D eigenvalue weighted by Gasteiger charge is 2.38. The molecule has 1 heterocycles. The van der Waals surface area contributed by atoms with E-state index in [0.29, 0.717) is 25.2 Å². The molecular weight excluding hydrogens is 275 g/mol. The lowest BCUT2D eigenvalue weighted by molar-refractivity contribution is -0.151. The second kappa shape index (κ2) is 6.22. The Morgan fingerprint density at radius 2 is 2.24 bits per heavy atom. The zero-order chi connectivity index (χ0) is 15.5. The first kappa shape index (κ1) is 15.4. The summed E-state index contributed by atoms with van der Waals surface area (Å²) in [5.74, 6) is -1.52. The average molecular weight is 294 g/mol. The smallest absolute Gasteiger partial charge is 0.310 e. The van der Waals surface area contributed by atoms with E-state index >= 15 is 0 Å². The molecule has 0 aliphatic carbocycles. The van der Waals surface area contributed by atoms with Crippen molar-refractivity contribution in [1.82, 2.24) is 4.90 Å². The topological polar surface area (TPSA) is 69.6 Å². The molecule has 1 saturated heterocycles. The minimum atomic E-state index is -0.835. The van der Waals surface area contributed by atoms with Crippen molar-refractivity contribution < 1.29 is 19.1 Å². The first-order chi connectivity index (χ1) is 9.89. The molecular formula is C15H19FN2O3. The highest BCUT2D eigenvalue weighted by atomic mass is 19.1. The van der Waals surface area contributed by atoms with E-state index in [1.165, 1.54) is 18.2 Å². The minimum Gasteiger partial charge on any atom is -0.481 e. The fraction of sp³-hybridized carbons (Fsp3) is 0.467. The number of benzene rings is 1. The van der Waals surface area contributed by atoms with Crippen LogP contribution in [0, 0.1) is 11.2 Å². The Hall–Kier alpha value is -1.95. The third-order valence-corrected chi connectivity index (χ3v) is 3.77. The Bertz CT molecular complexity index is 549. The fourth-order valence-electron chi connectivity index (χ4n) is 2.62. The summed E-state index contributed by atoms with van der Waals surface area (Å²) in [7, 11) is 0. The lowest BCUT2D eigenvalue weighted by Gasteiger charge is -2.37. The predicted octanol–water partition coefficient (Wildman–Crippen LogP) is 1.95. The van der Waals surface area contributed by atoms with E-state index in [2.05, 4.69) is 5.32 Å². The number of aliphatic carboxylic acids is 1. The summed E-state index contributed by atoms with van der Waals surface area (Å²) in [4.78, 5) is 25.0. The molecule has 21 heavy (non-hydrogen) atoms. The van der Waals surface area contributed by atoms with E-state index in [9.17, 15) is 19.1 Å². The number of carboxylic acid groups (broad SMARTS) is 1. The van der Waals surface area contributed by atoms with Gasteiger partial charge in [0.05, 0.1) is 12.0 Å². The Kier molecular flexibility index (Phi) is 4.57. The number of carbonyl (C=O) groups is 2. The number of hydrogen-bond donors (Lipinski definition) is 2. The molecule has 1 aliphatic rings. The maximum atomic E-state index is 13.0. The van der Waals surface area contributed by atoms with E-state index in [1.807, 2.05) is 4.90 Å². The number of likely N-dealkylation sites (tertiary alicyclic amines) is 1. The van der Waals surface area contributed by atoms with Crippen LogP contribution in [0.15, 0.2) is 24.3 Å². The number of nitrogens with zero attached hydrogens (tertiary/aromatic N) is 1. The van der Waals surface area contributed by atoms with Crippen LogP contribution in [-0.2, 0) is 9.59 Å². The number of rotatable bonds is 4. The molecule has 0 spiro atoms. The van der Waals surface area contributed by atoms with Crippen molar-refractivity contribution in [1.29, 1.82) is 0 Å². The van der Waals surface area contributed by atoms with Gasteiger partial charge in [0, 0.05) is 12.2 Å². The van der Waals surface area contributed by atoms with E-state index < -0.39 is 17.2 Å². The van der Waals surface area contributed by atoms with Crippen LogP contribution >= 0.6 is 0 Å². The van der Waals surface area contributed by atoms with Crippen molar-refractivity contribution in [3.05, 3.63) is 30.1 Å². The standard InChI is InChI=1S/C15H19FN2O3/c1-15(14(20)21)6-3-7-18(10-15)9-13(19)17-12-5-2-4-11(16)8-12/h2,4-5,8H,3,6-7,9-10H2,1H3,(H,17,19)(H,20,21). The third-order valence-electron chi connectivity index (χ3n) is 3.77. The number of anilines is 1. The SMILES string of the molecule is CC1(C(=O)O)CCCN(CC(=O)Nc2cccc(F)c2)C1. The van der Waals surface area contributed by atoms with Gasteiger partial charge in [0.15, 0.2) is 0 Å². The van der Waals surface area contributed by atoms with Crippen LogP contribution in [0.4, 0.5) is 10.1 Å². The van der Waals surface area contributed by atoms with E-state index in [-0.39, 0.29) is 12.5 Å². The largest absolute Gasteiger partial charge is 0.481 e. The highest BCUT2D eigenvalue weighted by Crippen LogP contribution is 2.29. The number of piperidine rings is 1. The normalized spacial score (nSPS) is 22.8. The van der Waals surface area contributed by atoms with Gasteiger partial charge in [-0.1, -0.05) is 6.07 Å². The number of amides is 1. The number of carboxylic acids is 1. The maximum absolute atomic E-state index is 13.0. The van der Waals surface area contributed by atoms with E-state index in [0.717, 1.165) is 6.42 Å². The second-order valence-electron chi connectivity index (χ2n) is 5.74. The van der Waals surface area contributed by atoms with Crippen molar-refractivity contribution in [2.24, 2.45) is 5.41 Å². The molecule has 1 amide bonds. The number of halogens is 1. The molecule has 0 radical (unpaired) electrons. The summed E-state index contributed by atoms with van der Waals surface area (Å²) in [5, 5.41) is 11.9. The van der Waals surface area contributed by atoms with Gasteiger partial charge in [0.2, 0.25) is 5.91 Å². The van der Waals surface area contributed by atoms with Crippen molar-refractivity contribution in [2.45, 2.75) is 19.8 Å². The van der Waals surface area contributed by atoms with Crippen LogP contribution in [0.5, 0.6) is 0 Å². The first-order valence-corrected chi connectivity index (χ1v) is 6.90. The van der Waals surface area contributed by atoms with Gasteiger partial charge in [0.25, 0.3) is 0 Å². The van der Waals surface area contributed by atoms with Crippen LogP contribution in [0.3, 0.4) is 0 Å². The summed E-state index contributed by atoms with van der Waals surface area (Å²) >= 11 is 0. The Morgan fingerprint density at radius 1 is 1.48 bits per heavy atom. The molecule has 5 nitrogen and oxygen atoms in total. The fourth-order valence-corrected chi connectivity index (χ4v) is 2.62. The predicted molar refractivity (Wildman–Crippen MR) is 76.4 cm³/mol. The molecule has 1 unspecified atom stereocenters. The zero-order valence-corrected chi connectivity index (χ0v) is 11.9. The molecule has 2 N–H and O–H groups in total. The summed E-state index contributed by atoms with van der Waals surface area (Å²) in [6, 6.07) is 5.68. The highest BCUT2D eigenvalue weighted by molar-refractivity contribution is 5.92. The molecule has 1 aromatic rings. The molecule has 0 saturated carbocycles. The van der Waals surface area contributed by atoms with Gasteiger partial charge in [-0.2, -0.15) is 0 Å². The molecule has 0 aromatic heterocycles. The van der Waals surface area contributed by atoms with Gasteiger partial charge < -0.3 is 10.4 Å². The molecule has 114 valence electrons. The van der Waals surface area contributed by atoms with Crippen molar-refractivity contribution >= 4 is 17.6 Å². The third kappa shape index (κ3) is 4.01. The minimum absolute atomic E-state index is 0.110. The van der Waals surface area contributed by atoms with Gasteiger partial charge in [-0.05, 0) is 44.5 Å². The second-order valence-corrected chi connectivity index (χ2v) is 5.74. The summed E-state index contributed by atoms with van der Waals surface area (Å²) < 4.78 is 13.0. The number of hydrogen-bond acceptors (Lipinski definition) is 3. The van der Waals surface area contributed by atoms with Gasteiger partial charge in [-0.25, -0.2) is 4.39 Å². The van der Waals surface area contributed by atoms with Gasteiger partial charge >= 0.3 is 5.97 Å². The van der Waals surface area contributed by atoms with Crippen LogP contribution in [0.25, 0.3) is 0 Å². The molecule has 1 atom stereocenters. The summed E-state index contributed by atoms with van der Waals surface area (Å²) in [5.41, 5.74) is -0.407. The van der Waals surface area contributed by atoms with Crippen molar-refractivity contribution in [3.63, 3.8) is 0 Å². The lowest BCUT2D eigenvalue weighted by Crippen LogP contribution is -2.48. The van der Waals surface area contributed by atoms with Crippen LogP contribution in [0.1, 0.15) is 19.8 Å². The molecule has 1 aliphatic heterocycles. The molecule has 1 aromatic carbocycles. The van der Waals surface area contributed by atoms with Crippen molar-refractivity contribution in [2.75, 3.05) is 25.0 Å².